The van der Waals surface area contributed by atoms with Gasteiger partial charge in [-0.1, -0.05) is 167 Å². The van der Waals surface area contributed by atoms with Gasteiger partial charge in [-0.25, -0.2) is 0 Å². The Bertz CT molecular complexity index is 2230. The normalized spacial score (nSPS) is 13.4. The molecule has 0 aliphatic carbocycles. The Balaban J connectivity index is 1.41. The van der Waals surface area contributed by atoms with Crippen LogP contribution in [0, 0.1) is 0 Å². The van der Waals surface area contributed by atoms with Crippen molar-refractivity contribution in [3.63, 3.8) is 0 Å². The first kappa shape index (κ1) is 38.3. The SMILES string of the molecule is CC(C)(C)c1ccc(N(c2ccc(C(C)(C)C)cc2)c2cccc(B3c4ccccc4N(c4ccc(C(C)(C)C)cc4)c4ccc(C(C)(C)C)cc43)c2)cc1. The lowest BCUT2D eigenvalue weighted by Crippen LogP contribution is -2.57. The molecule has 6 aromatic carbocycles. The average Bonchev–Trinajstić information content (AvgIpc) is 3.13. The summed E-state index contributed by atoms with van der Waals surface area (Å²) in [7, 11) is 0. The first-order valence-corrected chi connectivity index (χ1v) is 20.1. The molecule has 1 aliphatic rings. The lowest BCUT2D eigenvalue weighted by molar-refractivity contribution is 0.590. The average molecular weight is 723 g/mol. The molecule has 0 saturated carbocycles. The molecular weight excluding hydrogens is 663 g/mol. The summed E-state index contributed by atoms with van der Waals surface area (Å²) in [5, 5.41) is 0. The summed E-state index contributed by atoms with van der Waals surface area (Å²) >= 11 is 0. The van der Waals surface area contributed by atoms with E-state index in [1.165, 1.54) is 55.7 Å². The fourth-order valence-corrected chi connectivity index (χ4v) is 7.95. The first-order valence-electron chi connectivity index (χ1n) is 20.1. The quantitative estimate of drug-likeness (QED) is 0.163. The van der Waals surface area contributed by atoms with Crippen molar-refractivity contribution in [2.24, 2.45) is 0 Å². The zero-order valence-electron chi connectivity index (χ0n) is 35.3. The summed E-state index contributed by atoms with van der Waals surface area (Å²) in [6.45, 7) is 27.5. The van der Waals surface area contributed by atoms with Gasteiger partial charge in [0.25, 0.3) is 0 Å². The maximum atomic E-state index is 2.48. The van der Waals surface area contributed by atoms with Crippen LogP contribution in [0.15, 0.2) is 140 Å². The highest BCUT2D eigenvalue weighted by atomic mass is 15.2. The predicted octanol–water partition coefficient (Wildman–Crippen LogP) is 12.6. The fourth-order valence-electron chi connectivity index (χ4n) is 7.95. The number of fused-ring (bicyclic) bond motifs is 2. The van der Waals surface area contributed by atoms with Gasteiger partial charge in [0.2, 0.25) is 6.71 Å². The molecule has 0 spiro atoms. The minimum absolute atomic E-state index is 0.00676. The Morgan fingerprint density at radius 1 is 0.382 bits per heavy atom. The van der Waals surface area contributed by atoms with Crippen molar-refractivity contribution in [1.29, 1.82) is 0 Å². The molecule has 0 aromatic heterocycles. The van der Waals surface area contributed by atoms with Crippen LogP contribution in [0.3, 0.4) is 0 Å². The Kier molecular flexibility index (Phi) is 9.69. The number of nitrogens with zero attached hydrogens (tertiary/aromatic N) is 2. The molecule has 0 amide bonds. The second kappa shape index (κ2) is 13.9. The highest BCUT2D eigenvalue weighted by Crippen LogP contribution is 2.40. The molecule has 0 unspecified atom stereocenters. The molecule has 280 valence electrons. The van der Waals surface area contributed by atoms with Gasteiger partial charge in [0, 0.05) is 34.1 Å². The van der Waals surface area contributed by atoms with Crippen LogP contribution in [-0.4, -0.2) is 6.71 Å². The highest BCUT2D eigenvalue weighted by Gasteiger charge is 2.36. The van der Waals surface area contributed by atoms with Crippen molar-refractivity contribution in [2.75, 3.05) is 9.80 Å². The molecule has 7 rings (SSSR count). The van der Waals surface area contributed by atoms with Crippen molar-refractivity contribution in [1.82, 2.24) is 0 Å². The molecule has 0 bridgehead atoms. The van der Waals surface area contributed by atoms with Gasteiger partial charge in [-0.15, -0.1) is 0 Å². The second-order valence-corrected chi connectivity index (χ2v) is 19.7. The van der Waals surface area contributed by atoms with Gasteiger partial charge in [-0.2, -0.15) is 0 Å². The Morgan fingerprint density at radius 3 is 1.35 bits per heavy atom. The van der Waals surface area contributed by atoms with Crippen molar-refractivity contribution in [2.45, 2.75) is 105 Å². The van der Waals surface area contributed by atoms with Crippen LogP contribution in [0.25, 0.3) is 0 Å². The topological polar surface area (TPSA) is 6.48 Å². The van der Waals surface area contributed by atoms with Crippen molar-refractivity contribution in [3.05, 3.63) is 162 Å². The Hall–Kier alpha value is -5.02. The number of hydrogen-bond donors (Lipinski definition) is 0. The lowest BCUT2D eigenvalue weighted by Gasteiger charge is -2.38. The van der Waals surface area contributed by atoms with E-state index >= 15 is 0 Å². The molecule has 55 heavy (non-hydrogen) atoms. The van der Waals surface area contributed by atoms with Crippen LogP contribution < -0.4 is 26.2 Å². The first-order chi connectivity index (χ1) is 25.8. The number of rotatable bonds is 5. The molecule has 2 nitrogen and oxygen atoms in total. The highest BCUT2D eigenvalue weighted by molar-refractivity contribution is 6.98. The van der Waals surface area contributed by atoms with Crippen molar-refractivity contribution < 1.29 is 0 Å². The van der Waals surface area contributed by atoms with Crippen LogP contribution >= 0.6 is 0 Å². The molecule has 0 fully saturated rings. The van der Waals surface area contributed by atoms with E-state index in [0.717, 1.165) is 17.1 Å². The van der Waals surface area contributed by atoms with E-state index in [4.69, 9.17) is 0 Å². The van der Waals surface area contributed by atoms with Gasteiger partial charge in [0.05, 0.1) is 0 Å². The third-order valence-corrected chi connectivity index (χ3v) is 11.4. The molecule has 0 saturated heterocycles. The van der Waals surface area contributed by atoms with E-state index in [2.05, 4.69) is 232 Å². The summed E-state index contributed by atoms with van der Waals surface area (Å²) in [5.74, 6) is 0. The molecule has 0 atom stereocenters. The number of benzene rings is 6. The number of anilines is 6. The largest absolute Gasteiger partial charge is 0.312 e. The van der Waals surface area contributed by atoms with Crippen LogP contribution in [0.5, 0.6) is 0 Å². The van der Waals surface area contributed by atoms with Crippen LogP contribution in [0.4, 0.5) is 34.1 Å². The molecule has 1 heterocycles. The predicted molar refractivity (Wildman–Crippen MR) is 242 cm³/mol. The summed E-state index contributed by atoms with van der Waals surface area (Å²) < 4.78 is 0. The third kappa shape index (κ3) is 7.64. The zero-order valence-corrected chi connectivity index (χ0v) is 35.3. The summed E-state index contributed by atoms with van der Waals surface area (Å²) in [6, 6.07) is 53.0. The van der Waals surface area contributed by atoms with E-state index in [0.29, 0.717) is 0 Å². The molecule has 0 radical (unpaired) electrons. The van der Waals surface area contributed by atoms with E-state index in [-0.39, 0.29) is 28.4 Å². The smallest absolute Gasteiger partial charge is 0.246 e. The van der Waals surface area contributed by atoms with Crippen molar-refractivity contribution in [3.8, 4) is 0 Å². The van der Waals surface area contributed by atoms with Gasteiger partial charge in [-0.3, -0.25) is 0 Å². The summed E-state index contributed by atoms with van der Waals surface area (Å²) in [4.78, 5) is 4.90. The van der Waals surface area contributed by atoms with Gasteiger partial charge < -0.3 is 9.80 Å². The van der Waals surface area contributed by atoms with Gasteiger partial charge >= 0.3 is 0 Å². The minimum atomic E-state index is 0.00676. The zero-order chi connectivity index (χ0) is 39.5. The third-order valence-electron chi connectivity index (χ3n) is 11.4. The van der Waals surface area contributed by atoms with Crippen LogP contribution in [0.1, 0.15) is 105 Å². The van der Waals surface area contributed by atoms with E-state index in [9.17, 15) is 0 Å². The van der Waals surface area contributed by atoms with Crippen molar-refractivity contribution >= 4 is 57.2 Å². The molecule has 3 heteroatoms. The second-order valence-electron chi connectivity index (χ2n) is 19.7. The van der Waals surface area contributed by atoms with Gasteiger partial charge in [0.1, 0.15) is 0 Å². The van der Waals surface area contributed by atoms with E-state index < -0.39 is 0 Å². The molecule has 6 aromatic rings. The summed E-state index contributed by atoms with van der Waals surface area (Å²) in [5.41, 5.74) is 16.6. The standard InChI is InChI=1S/C52H59BN2/c1-49(2,3)36-20-27-41(28-21-36)54(42-29-22-37(23-30-42)50(4,5)6)44-17-15-16-40(35-44)53-45-18-13-14-19-47(45)55(43-31-24-38(25-32-43)51(7,8)9)48-33-26-39(34-46(48)53)52(10,11)12/h13-35H,1-12H3. The Labute approximate surface area is 332 Å². The maximum Gasteiger partial charge on any atom is 0.246 e. The summed E-state index contributed by atoms with van der Waals surface area (Å²) in [6.07, 6.45) is 0. The van der Waals surface area contributed by atoms with Gasteiger partial charge in [0.15, 0.2) is 0 Å². The van der Waals surface area contributed by atoms with Crippen LogP contribution in [0.2, 0.25) is 0 Å². The van der Waals surface area contributed by atoms with Crippen LogP contribution in [-0.2, 0) is 21.7 Å². The van der Waals surface area contributed by atoms with Gasteiger partial charge in [-0.05, 0) is 116 Å². The minimum Gasteiger partial charge on any atom is -0.312 e. The monoisotopic (exact) mass is 722 g/mol. The molecular formula is C52H59BN2. The maximum absolute atomic E-state index is 2.48. The van der Waals surface area contributed by atoms with E-state index in [1.807, 2.05) is 0 Å². The lowest BCUT2D eigenvalue weighted by atomic mass is 9.35. The number of para-hydroxylation sites is 1. The number of hydrogen-bond acceptors (Lipinski definition) is 2. The van der Waals surface area contributed by atoms with E-state index in [1.54, 1.807) is 0 Å². The fraction of sp³-hybridized carbons (Fsp3) is 0.308. The molecule has 1 aliphatic heterocycles. The molecule has 0 N–H and O–H groups in total. The Morgan fingerprint density at radius 2 is 0.836 bits per heavy atom.